The Kier molecular flexibility index (Phi) is 6.70. The summed E-state index contributed by atoms with van der Waals surface area (Å²) >= 11 is 0. The van der Waals surface area contributed by atoms with Crippen LogP contribution < -0.4 is 10.6 Å². The maximum atomic E-state index is 10.9. The van der Waals surface area contributed by atoms with Crippen molar-refractivity contribution in [2.75, 3.05) is 7.11 Å². The minimum Gasteiger partial charge on any atom is -0.497 e. The average molecular weight is 291 g/mol. The number of carbonyl (C=O) groups excluding carboxylic acids is 1. The third kappa shape index (κ3) is 5.50. The number of carboxylic acids is 1. The third-order valence-electron chi connectivity index (χ3n) is 2.76. The number of para-hydroxylation sites is 1. The van der Waals surface area contributed by atoms with Crippen LogP contribution in [-0.2, 0) is 14.4 Å². The highest BCUT2D eigenvalue weighted by molar-refractivity contribution is 5.92. The van der Waals surface area contributed by atoms with Gasteiger partial charge in [-0.1, -0.05) is 30.4 Å². The SMILES string of the molecule is COc1ccccc1.NOC(=O)C1=CCC(C(=O)O)=CC1. The number of carbonyl (C=O) groups is 2. The van der Waals surface area contributed by atoms with Crippen LogP contribution >= 0.6 is 0 Å². The number of ether oxygens (including phenoxy) is 1. The van der Waals surface area contributed by atoms with Gasteiger partial charge in [-0.15, -0.1) is 0 Å². The lowest BCUT2D eigenvalue weighted by atomic mass is 10.00. The van der Waals surface area contributed by atoms with E-state index in [9.17, 15) is 9.59 Å². The van der Waals surface area contributed by atoms with Gasteiger partial charge in [0.25, 0.3) is 0 Å². The largest absolute Gasteiger partial charge is 0.497 e. The van der Waals surface area contributed by atoms with Crippen LogP contribution in [0.15, 0.2) is 53.6 Å². The monoisotopic (exact) mass is 291 g/mol. The van der Waals surface area contributed by atoms with Crippen molar-refractivity contribution < 1.29 is 24.3 Å². The van der Waals surface area contributed by atoms with Crippen LogP contribution in [0.4, 0.5) is 0 Å². The fourth-order valence-electron chi connectivity index (χ4n) is 1.61. The molecule has 2 rings (SSSR count). The predicted molar refractivity (Wildman–Crippen MR) is 76.3 cm³/mol. The lowest BCUT2D eigenvalue weighted by Crippen LogP contribution is -2.14. The Bertz CT molecular complexity index is 548. The van der Waals surface area contributed by atoms with Crippen LogP contribution in [0.5, 0.6) is 5.75 Å². The van der Waals surface area contributed by atoms with E-state index >= 15 is 0 Å². The van der Waals surface area contributed by atoms with Crippen molar-refractivity contribution in [1.29, 1.82) is 0 Å². The molecule has 1 aliphatic carbocycles. The number of methoxy groups -OCH3 is 1. The lowest BCUT2D eigenvalue weighted by Gasteiger charge is -2.08. The van der Waals surface area contributed by atoms with Crippen molar-refractivity contribution in [3.63, 3.8) is 0 Å². The van der Waals surface area contributed by atoms with Crippen LogP contribution in [0.1, 0.15) is 12.8 Å². The summed E-state index contributed by atoms with van der Waals surface area (Å²) in [4.78, 5) is 25.3. The smallest absolute Gasteiger partial charge is 0.352 e. The van der Waals surface area contributed by atoms with E-state index in [2.05, 4.69) is 10.7 Å². The van der Waals surface area contributed by atoms with E-state index in [0.717, 1.165) is 5.75 Å². The van der Waals surface area contributed by atoms with Crippen LogP contribution in [0.3, 0.4) is 0 Å². The predicted octanol–water partition coefficient (Wildman–Crippen LogP) is 1.83. The summed E-state index contributed by atoms with van der Waals surface area (Å²) in [7, 11) is 1.66. The molecule has 0 spiro atoms. The number of hydrogen-bond donors (Lipinski definition) is 2. The van der Waals surface area contributed by atoms with Gasteiger partial charge in [0, 0.05) is 11.1 Å². The summed E-state index contributed by atoms with van der Waals surface area (Å²) in [6, 6.07) is 9.68. The van der Waals surface area contributed by atoms with E-state index in [4.69, 9.17) is 9.84 Å². The fourth-order valence-corrected chi connectivity index (χ4v) is 1.61. The molecule has 1 aliphatic rings. The third-order valence-corrected chi connectivity index (χ3v) is 2.76. The Morgan fingerprint density at radius 1 is 1.10 bits per heavy atom. The molecule has 0 saturated carbocycles. The van der Waals surface area contributed by atoms with Crippen molar-refractivity contribution in [3.8, 4) is 5.75 Å². The molecule has 0 aromatic heterocycles. The molecule has 0 bridgehead atoms. The first-order chi connectivity index (χ1) is 10.1. The minimum absolute atomic E-state index is 0.236. The second kappa shape index (κ2) is 8.55. The molecule has 0 saturated heterocycles. The molecule has 0 aliphatic heterocycles. The Morgan fingerprint density at radius 2 is 1.67 bits per heavy atom. The molecule has 21 heavy (non-hydrogen) atoms. The number of benzene rings is 1. The molecule has 1 aromatic rings. The second-order valence-corrected chi connectivity index (χ2v) is 4.09. The summed E-state index contributed by atoms with van der Waals surface area (Å²) < 4.78 is 4.91. The number of carboxylic acid groups (broad SMARTS) is 1. The van der Waals surface area contributed by atoms with Crippen LogP contribution in [0, 0.1) is 0 Å². The summed E-state index contributed by atoms with van der Waals surface area (Å²) in [6.45, 7) is 0. The van der Waals surface area contributed by atoms with Crippen molar-refractivity contribution in [1.82, 2.24) is 0 Å². The molecule has 0 fully saturated rings. The molecule has 0 unspecified atom stereocenters. The van der Waals surface area contributed by atoms with E-state index in [1.807, 2.05) is 30.3 Å². The summed E-state index contributed by atoms with van der Waals surface area (Å²) in [5.74, 6) is 4.01. The molecule has 0 heterocycles. The molecule has 6 heteroatoms. The van der Waals surface area contributed by atoms with Crippen LogP contribution in [0.2, 0.25) is 0 Å². The Morgan fingerprint density at radius 3 is 2.05 bits per heavy atom. The molecule has 3 N–H and O–H groups in total. The molecular weight excluding hydrogens is 274 g/mol. The molecule has 112 valence electrons. The average Bonchev–Trinajstić information content (AvgIpc) is 2.55. The molecule has 0 radical (unpaired) electrons. The quantitative estimate of drug-likeness (QED) is 0.824. The first-order valence-electron chi connectivity index (χ1n) is 6.20. The normalized spacial score (nSPS) is 13.0. The van der Waals surface area contributed by atoms with Gasteiger partial charge in [-0.05, 0) is 25.0 Å². The van der Waals surface area contributed by atoms with Gasteiger partial charge in [0.05, 0.1) is 7.11 Å². The number of aliphatic carboxylic acids is 1. The first kappa shape index (κ1) is 16.5. The van der Waals surface area contributed by atoms with Gasteiger partial charge >= 0.3 is 11.9 Å². The first-order valence-corrected chi connectivity index (χ1v) is 6.20. The van der Waals surface area contributed by atoms with Gasteiger partial charge in [-0.25, -0.2) is 9.59 Å². The molecule has 1 aromatic carbocycles. The molecule has 0 amide bonds. The van der Waals surface area contributed by atoms with Gasteiger partial charge in [-0.2, -0.15) is 5.90 Å². The number of rotatable bonds is 3. The summed E-state index contributed by atoms with van der Waals surface area (Å²) in [5.41, 5.74) is 0.682. The van der Waals surface area contributed by atoms with E-state index in [0.29, 0.717) is 5.57 Å². The Labute approximate surface area is 122 Å². The number of nitrogens with two attached hydrogens (primary N) is 1. The van der Waals surface area contributed by atoms with Gasteiger partial charge in [0.15, 0.2) is 0 Å². The van der Waals surface area contributed by atoms with Crippen molar-refractivity contribution in [2.24, 2.45) is 5.90 Å². The number of hydrogen-bond acceptors (Lipinski definition) is 5. The van der Waals surface area contributed by atoms with Crippen molar-refractivity contribution in [2.45, 2.75) is 12.8 Å². The Hall–Kier alpha value is -2.60. The summed E-state index contributed by atoms with van der Waals surface area (Å²) in [6.07, 6.45) is 3.49. The van der Waals surface area contributed by atoms with Crippen molar-refractivity contribution >= 4 is 11.9 Å². The zero-order valence-electron chi connectivity index (χ0n) is 11.6. The van der Waals surface area contributed by atoms with Gasteiger partial charge in [-0.3, -0.25) is 0 Å². The molecule has 0 atom stereocenters. The van der Waals surface area contributed by atoms with E-state index in [1.165, 1.54) is 12.2 Å². The standard InChI is InChI=1S/C8H9NO4.C7H8O/c9-13-8(12)6-3-1-5(2-4-6)7(10)11;1-8-7-5-3-2-4-6-7/h1,4H,2-3,9H2,(H,10,11);2-6H,1H3. The van der Waals surface area contributed by atoms with Crippen LogP contribution in [0.25, 0.3) is 0 Å². The van der Waals surface area contributed by atoms with Gasteiger partial charge in [0.1, 0.15) is 5.75 Å². The zero-order chi connectivity index (χ0) is 15.7. The topological polar surface area (TPSA) is 98.9 Å². The van der Waals surface area contributed by atoms with E-state index < -0.39 is 11.9 Å². The summed E-state index contributed by atoms with van der Waals surface area (Å²) in [5, 5.41) is 8.58. The highest BCUT2D eigenvalue weighted by Gasteiger charge is 2.16. The second-order valence-electron chi connectivity index (χ2n) is 4.09. The Balaban J connectivity index is 0.000000235. The lowest BCUT2D eigenvalue weighted by molar-refractivity contribution is -0.139. The van der Waals surface area contributed by atoms with Gasteiger partial charge in [0.2, 0.25) is 0 Å². The zero-order valence-corrected chi connectivity index (χ0v) is 11.6. The van der Waals surface area contributed by atoms with Gasteiger partial charge < -0.3 is 14.7 Å². The maximum Gasteiger partial charge on any atom is 0.352 e. The van der Waals surface area contributed by atoms with Crippen molar-refractivity contribution in [3.05, 3.63) is 53.6 Å². The molecule has 6 nitrogen and oxygen atoms in total. The van der Waals surface area contributed by atoms with E-state index in [1.54, 1.807) is 7.11 Å². The molecular formula is C15H17NO5. The number of allylic oxidation sites excluding steroid dienone is 2. The fraction of sp³-hybridized carbons (Fsp3) is 0.200. The minimum atomic E-state index is -0.962. The highest BCUT2D eigenvalue weighted by Crippen LogP contribution is 2.17. The highest BCUT2D eigenvalue weighted by atomic mass is 16.7. The maximum absolute atomic E-state index is 10.9. The van der Waals surface area contributed by atoms with Crippen LogP contribution in [-0.4, -0.2) is 24.2 Å². The van der Waals surface area contributed by atoms with E-state index in [-0.39, 0.29) is 18.4 Å².